The molecule has 3 aromatic rings. The third-order valence-electron chi connectivity index (χ3n) is 4.54. The molecule has 0 atom stereocenters. The molecule has 1 amide bonds. The van der Waals surface area contributed by atoms with Crippen LogP contribution in [0.25, 0.3) is 10.9 Å². The van der Waals surface area contributed by atoms with Crippen LogP contribution in [-0.2, 0) is 15.4 Å². The summed E-state index contributed by atoms with van der Waals surface area (Å²) < 4.78 is 33.1. The van der Waals surface area contributed by atoms with Gasteiger partial charge in [0.25, 0.3) is 10.0 Å². The summed E-state index contributed by atoms with van der Waals surface area (Å²) in [6.45, 7) is 6.18. The molecule has 0 aliphatic rings. The van der Waals surface area contributed by atoms with Crippen LogP contribution in [0.4, 0.5) is 4.79 Å². The fourth-order valence-electron chi connectivity index (χ4n) is 2.85. The molecule has 0 fully saturated rings. The average molecular weight is 435 g/mol. The number of halogens is 1. The molecule has 1 heterocycles. The van der Waals surface area contributed by atoms with Crippen molar-refractivity contribution in [2.75, 3.05) is 14.1 Å². The molecule has 0 bridgehead atoms. The van der Waals surface area contributed by atoms with E-state index in [1.807, 2.05) is 12.1 Å². The van der Waals surface area contributed by atoms with Crippen molar-refractivity contribution in [1.82, 2.24) is 8.87 Å². The monoisotopic (exact) mass is 434 g/mol. The summed E-state index contributed by atoms with van der Waals surface area (Å²) in [6.07, 6.45) is 0.686. The topological polar surface area (TPSA) is 68.6 Å². The average Bonchev–Trinajstić information content (AvgIpc) is 2.99. The zero-order valence-corrected chi connectivity index (χ0v) is 18.5. The van der Waals surface area contributed by atoms with E-state index in [1.165, 1.54) is 11.1 Å². The highest BCUT2D eigenvalue weighted by Crippen LogP contribution is 2.34. The van der Waals surface area contributed by atoms with Crippen LogP contribution in [0.1, 0.15) is 26.3 Å². The van der Waals surface area contributed by atoms with Gasteiger partial charge in [0.1, 0.15) is 0 Å². The molecule has 0 N–H and O–H groups in total. The Bertz CT molecular complexity index is 1170. The number of benzene rings is 2. The predicted molar refractivity (Wildman–Crippen MR) is 114 cm³/mol. The van der Waals surface area contributed by atoms with E-state index in [1.54, 1.807) is 44.4 Å². The number of ether oxygens (including phenoxy) is 1. The zero-order valence-electron chi connectivity index (χ0n) is 16.9. The number of rotatable bonds is 3. The number of carbonyl (C=O) groups is 1. The maximum atomic E-state index is 13.3. The van der Waals surface area contributed by atoms with E-state index in [2.05, 4.69) is 20.8 Å². The molecule has 0 saturated heterocycles. The van der Waals surface area contributed by atoms with Gasteiger partial charge in [0.2, 0.25) is 0 Å². The van der Waals surface area contributed by atoms with Crippen molar-refractivity contribution in [3.05, 3.63) is 59.2 Å². The first-order valence-corrected chi connectivity index (χ1v) is 10.8. The number of hydrogen-bond acceptors (Lipinski definition) is 4. The van der Waals surface area contributed by atoms with Gasteiger partial charge in [-0.05, 0) is 41.3 Å². The summed E-state index contributed by atoms with van der Waals surface area (Å²) in [4.78, 5) is 13.4. The molecule has 0 saturated carbocycles. The third-order valence-corrected chi connectivity index (χ3v) is 6.46. The molecule has 0 spiro atoms. The Kier molecular flexibility index (Phi) is 5.40. The Balaban J connectivity index is 2.14. The van der Waals surface area contributed by atoms with E-state index in [9.17, 15) is 13.2 Å². The lowest BCUT2D eigenvalue weighted by Crippen LogP contribution is -2.25. The largest absolute Gasteiger partial charge is 0.414 e. The highest BCUT2D eigenvalue weighted by atomic mass is 35.5. The van der Waals surface area contributed by atoms with Crippen LogP contribution < -0.4 is 4.74 Å². The first kappa shape index (κ1) is 21.2. The summed E-state index contributed by atoms with van der Waals surface area (Å²) in [5, 5.41) is 0.840. The number of aromatic nitrogens is 1. The van der Waals surface area contributed by atoms with E-state index < -0.39 is 16.1 Å². The molecular weight excluding hydrogens is 412 g/mol. The van der Waals surface area contributed by atoms with Crippen molar-refractivity contribution >= 4 is 38.6 Å². The highest BCUT2D eigenvalue weighted by molar-refractivity contribution is 7.90. The summed E-state index contributed by atoms with van der Waals surface area (Å²) in [5.74, 6) is 0.121. The Morgan fingerprint density at radius 2 is 1.69 bits per heavy atom. The van der Waals surface area contributed by atoms with E-state index in [4.69, 9.17) is 16.3 Å². The molecule has 6 nitrogen and oxygen atoms in total. The fraction of sp³-hybridized carbons (Fsp3) is 0.286. The molecular formula is C21H23ClN2O4S. The van der Waals surface area contributed by atoms with Crippen LogP contribution in [0.15, 0.2) is 53.6 Å². The fourth-order valence-corrected chi connectivity index (χ4v) is 4.38. The molecule has 0 aliphatic heterocycles. The van der Waals surface area contributed by atoms with Gasteiger partial charge in [0.05, 0.1) is 16.6 Å². The van der Waals surface area contributed by atoms with Gasteiger partial charge in [-0.25, -0.2) is 17.2 Å². The molecule has 0 unspecified atom stereocenters. The quantitative estimate of drug-likeness (QED) is 0.588. The Morgan fingerprint density at radius 1 is 1.07 bits per heavy atom. The zero-order chi connectivity index (χ0) is 21.6. The second-order valence-corrected chi connectivity index (χ2v) is 10.2. The SMILES string of the molecule is CN(C)C(=O)Oc1cn(S(=O)(=O)c2ccc(C(C)(C)C)cc2)c2ccc(Cl)cc12. The number of nitrogens with zero attached hydrogens (tertiary/aromatic N) is 2. The van der Waals surface area contributed by atoms with Crippen LogP contribution in [0.2, 0.25) is 5.02 Å². The summed E-state index contributed by atoms with van der Waals surface area (Å²) >= 11 is 6.08. The summed E-state index contributed by atoms with van der Waals surface area (Å²) in [5.41, 5.74) is 1.31. The molecule has 2 aromatic carbocycles. The van der Waals surface area contributed by atoms with Crippen LogP contribution in [0.5, 0.6) is 5.75 Å². The molecule has 0 radical (unpaired) electrons. The van der Waals surface area contributed by atoms with Crippen LogP contribution in [0, 0.1) is 0 Å². The lowest BCUT2D eigenvalue weighted by molar-refractivity contribution is 0.172. The second-order valence-electron chi connectivity index (χ2n) is 7.99. The van der Waals surface area contributed by atoms with E-state index in [0.29, 0.717) is 15.9 Å². The van der Waals surface area contributed by atoms with Gasteiger partial charge in [0, 0.05) is 24.5 Å². The van der Waals surface area contributed by atoms with Crippen LogP contribution in [0.3, 0.4) is 0 Å². The standard InChI is InChI=1S/C21H23ClN2O4S/c1-21(2,3)14-6-9-16(10-7-14)29(26,27)24-13-19(28-20(25)23(4)5)17-12-15(22)8-11-18(17)24/h6-13H,1-5H3. The van der Waals surface area contributed by atoms with Crippen molar-refractivity contribution in [2.24, 2.45) is 0 Å². The molecule has 3 rings (SSSR count). The second kappa shape index (κ2) is 7.39. The predicted octanol–water partition coefficient (Wildman–Crippen LogP) is 4.89. The van der Waals surface area contributed by atoms with E-state index >= 15 is 0 Å². The van der Waals surface area contributed by atoms with Crippen molar-refractivity contribution < 1.29 is 17.9 Å². The molecule has 8 heteroatoms. The van der Waals surface area contributed by atoms with Gasteiger partial charge in [0.15, 0.2) is 5.75 Å². The number of fused-ring (bicyclic) bond motifs is 1. The molecule has 1 aromatic heterocycles. The van der Waals surface area contributed by atoms with Gasteiger partial charge >= 0.3 is 6.09 Å². The van der Waals surface area contributed by atoms with E-state index in [-0.39, 0.29) is 16.1 Å². The van der Waals surface area contributed by atoms with Crippen LogP contribution in [-0.4, -0.2) is 37.5 Å². The minimum absolute atomic E-state index is 0.0905. The number of carbonyl (C=O) groups excluding carboxylic acids is 1. The minimum atomic E-state index is -3.91. The lowest BCUT2D eigenvalue weighted by Gasteiger charge is -2.19. The van der Waals surface area contributed by atoms with Crippen molar-refractivity contribution in [1.29, 1.82) is 0 Å². The minimum Gasteiger partial charge on any atom is -0.408 e. The smallest absolute Gasteiger partial charge is 0.408 e. The Hall–Kier alpha value is -2.51. The summed E-state index contributed by atoms with van der Waals surface area (Å²) in [7, 11) is -0.820. The lowest BCUT2D eigenvalue weighted by atomic mass is 9.87. The first-order valence-electron chi connectivity index (χ1n) is 8.97. The van der Waals surface area contributed by atoms with Gasteiger partial charge in [-0.1, -0.05) is 44.5 Å². The first-order chi connectivity index (χ1) is 13.4. The maximum absolute atomic E-state index is 13.3. The normalized spacial score (nSPS) is 12.2. The third kappa shape index (κ3) is 4.11. The highest BCUT2D eigenvalue weighted by Gasteiger charge is 2.24. The molecule has 154 valence electrons. The molecule has 0 aliphatic carbocycles. The number of amides is 1. The van der Waals surface area contributed by atoms with Crippen LogP contribution >= 0.6 is 11.6 Å². The van der Waals surface area contributed by atoms with Gasteiger partial charge < -0.3 is 9.64 Å². The number of hydrogen-bond donors (Lipinski definition) is 0. The van der Waals surface area contributed by atoms with Gasteiger partial charge in [-0.15, -0.1) is 0 Å². The summed E-state index contributed by atoms with van der Waals surface area (Å²) in [6, 6.07) is 11.5. The van der Waals surface area contributed by atoms with Gasteiger partial charge in [-0.2, -0.15) is 0 Å². The van der Waals surface area contributed by atoms with Crippen molar-refractivity contribution in [2.45, 2.75) is 31.1 Å². The van der Waals surface area contributed by atoms with Crippen molar-refractivity contribution in [3.63, 3.8) is 0 Å². The van der Waals surface area contributed by atoms with Crippen molar-refractivity contribution in [3.8, 4) is 5.75 Å². The molecule has 29 heavy (non-hydrogen) atoms. The Labute approximate surface area is 175 Å². The Morgan fingerprint density at radius 3 is 2.24 bits per heavy atom. The van der Waals surface area contributed by atoms with E-state index in [0.717, 1.165) is 9.54 Å². The maximum Gasteiger partial charge on any atom is 0.414 e. The van der Waals surface area contributed by atoms with Gasteiger partial charge in [-0.3, -0.25) is 0 Å².